The number of nitrogens with one attached hydrogen (secondary N) is 1. The van der Waals surface area contributed by atoms with Gasteiger partial charge in [-0.3, -0.25) is 9.59 Å². The Morgan fingerprint density at radius 2 is 1.94 bits per heavy atom. The molecule has 2 aromatic rings. The standard InChI is InChI=1S/C25H32N2O4/c1-5-31-22-11-10-18(14-23(22)30-4)21(15-24(28)26-13-12-17(2)3)27-16-19-8-6-7-9-20(19)25(27)29/h6-11,14,17,21H,5,12-13,15-16H2,1-4H3,(H,26,28). The van der Waals surface area contributed by atoms with Crippen LogP contribution in [0.15, 0.2) is 42.5 Å². The quantitative estimate of drug-likeness (QED) is 0.616. The molecule has 1 unspecified atom stereocenters. The van der Waals surface area contributed by atoms with E-state index in [2.05, 4.69) is 19.2 Å². The van der Waals surface area contributed by atoms with Crippen LogP contribution in [0.1, 0.15) is 61.1 Å². The number of methoxy groups -OCH3 is 1. The number of hydrogen-bond donors (Lipinski definition) is 1. The smallest absolute Gasteiger partial charge is 0.255 e. The molecule has 6 heteroatoms. The van der Waals surface area contributed by atoms with Crippen molar-refractivity contribution in [2.45, 2.75) is 46.2 Å². The molecule has 0 bridgehead atoms. The van der Waals surface area contributed by atoms with Crippen LogP contribution in [0.2, 0.25) is 0 Å². The first-order valence-corrected chi connectivity index (χ1v) is 10.9. The third kappa shape index (κ3) is 5.37. The zero-order valence-corrected chi connectivity index (χ0v) is 18.8. The number of benzene rings is 2. The Hall–Kier alpha value is -3.02. The summed E-state index contributed by atoms with van der Waals surface area (Å²) in [7, 11) is 1.59. The van der Waals surface area contributed by atoms with Gasteiger partial charge in [-0.25, -0.2) is 0 Å². The fraction of sp³-hybridized carbons (Fsp3) is 0.440. The van der Waals surface area contributed by atoms with Crippen molar-refractivity contribution < 1.29 is 19.1 Å². The summed E-state index contributed by atoms with van der Waals surface area (Å²) in [6.07, 6.45) is 1.11. The summed E-state index contributed by atoms with van der Waals surface area (Å²) in [6, 6.07) is 12.8. The molecule has 166 valence electrons. The van der Waals surface area contributed by atoms with E-state index in [9.17, 15) is 9.59 Å². The number of rotatable bonds is 10. The molecule has 0 spiro atoms. The van der Waals surface area contributed by atoms with Crippen molar-refractivity contribution in [3.05, 3.63) is 59.2 Å². The van der Waals surface area contributed by atoms with Gasteiger partial charge in [0, 0.05) is 18.7 Å². The fourth-order valence-corrected chi connectivity index (χ4v) is 3.85. The third-order valence-electron chi connectivity index (χ3n) is 5.52. The van der Waals surface area contributed by atoms with Gasteiger partial charge in [-0.2, -0.15) is 0 Å². The minimum Gasteiger partial charge on any atom is -0.493 e. The van der Waals surface area contributed by atoms with Crippen molar-refractivity contribution in [2.75, 3.05) is 20.3 Å². The molecule has 0 saturated heterocycles. The van der Waals surface area contributed by atoms with E-state index >= 15 is 0 Å². The highest BCUT2D eigenvalue weighted by atomic mass is 16.5. The Bertz CT molecular complexity index is 925. The summed E-state index contributed by atoms with van der Waals surface area (Å²) < 4.78 is 11.1. The van der Waals surface area contributed by atoms with Gasteiger partial charge < -0.3 is 19.7 Å². The van der Waals surface area contributed by atoms with Crippen molar-refractivity contribution in [3.63, 3.8) is 0 Å². The lowest BCUT2D eigenvalue weighted by Crippen LogP contribution is -2.34. The molecule has 6 nitrogen and oxygen atoms in total. The molecule has 2 amide bonds. The van der Waals surface area contributed by atoms with Gasteiger partial charge in [0.2, 0.25) is 5.91 Å². The average Bonchev–Trinajstić information content (AvgIpc) is 3.09. The van der Waals surface area contributed by atoms with Gasteiger partial charge in [0.05, 0.1) is 26.2 Å². The van der Waals surface area contributed by atoms with Crippen molar-refractivity contribution in [1.29, 1.82) is 0 Å². The van der Waals surface area contributed by atoms with E-state index in [0.29, 0.717) is 42.7 Å². The zero-order chi connectivity index (χ0) is 22.4. The molecule has 1 aliphatic rings. The molecule has 2 aromatic carbocycles. The van der Waals surface area contributed by atoms with Crippen LogP contribution in [0.4, 0.5) is 0 Å². The Morgan fingerprint density at radius 3 is 2.61 bits per heavy atom. The number of hydrogen-bond acceptors (Lipinski definition) is 4. The van der Waals surface area contributed by atoms with Crippen molar-refractivity contribution in [1.82, 2.24) is 10.2 Å². The first-order chi connectivity index (χ1) is 14.9. The largest absolute Gasteiger partial charge is 0.493 e. The third-order valence-corrected chi connectivity index (χ3v) is 5.52. The molecule has 1 atom stereocenters. The summed E-state index contributed by atoms with van der Waals surface area (Å²) in [6.45, 7) is 7.80. The lowest BCUT2D eigenvalue weighted by Gasteiger charge is -2.28. The van der Waals surface area contributed by atoms with Crippen LogP contribution in [0, 0.1) is 5.92 Å². The Kier molecular flexibility index (Phi) is 7.55. The highest BCUT2D eigenvalue weighted by Gasteiger charge is 2.34. The van der Waals surface area contributed by atoms with Gasteiger partial charge in [0.25, 0.3) is 5.91 Å². The Morgan fingerprint density at radius 1 is 1.16 bits per heavy atom. The van der Waals surface area contributed by atoms with Gasteiger partial charge in [-0.1, -0.05) is 38.1 Å². The normalized spacial score (nSPS) is 13.8. The van der Waals surface area contributed by atoms with E-state index in [1.165, 1.54) is 0 Å². The number of carbonyl (C=O) groups is 2. The molecule has 1 heterocycles. The first-order valence-electron chi connectivity index (χ1n) is 10.9. The van der Waals surface area contributed by atoms with Crippen LogP contribution < -0.4 is 14.8 Å². The second-order valence-electron chi connectivity index (χ2n) is 8.19. The predicted molar refractivity (Wildman–Crippen MR) is 120 cm³/mol. The van der Waals surface area contributed by atoms with Crippen molar-refractivity contribution >= 4 is 11.8 Å². The van der Waals surface area contributed by atoms with Crippen LogP contribution in [0.5, 0.6) is 11.5 Å². The SMILES string of the molecule is CCOc1ccc(C(CC(=O)NCCC(C)C)N2Cc3ccccc3C2=O)cc1OC. The Labute approximate surface area is 184 Å². The molecular weight excluding hydrogens is 392 g/mol. The van der Waals surface area contributed by atoms with Crippen LogP contribution >= 0.6 is 0 Å². The van der Waals surface area contributed by atoms with Crippen LogP contribution in [0.25, 0.3) is 0 Å². The summed E-state index contributed by atoms with van der Waals surface area (Å²) in [4.78, 5) is 27.7. The molecule has 3 rings (SSSR count). The fourth-order valence-electron chi connectivity index (χ4n) is 3.85. The second-order valence-corrected chi connectivity index (χ2v) is 8.19. The van der Waals surface area contributed by atoms with Crippen LogP contribution in [-0.4, -0.2) is 37.0 Å². The summed E-state index contributed by atoms with van der Waals surface area (Å²) in [5, 5.41) is 3.00. The maximum absolute atomic E-state index is 13.2. The van der Waals surface area contributed by atoms with E-state index < -0.39 is 6.04 Å². The minimum absolute atomic E-state index is 0.0524. The van der Waals surface area contributed by atoms with E-state index in [4.69, 9.17) is 9.47 Å². The molecule has 0 radical (unpaired) electrons. The lowest BCUT2D eigenvalue weighted by molar-refractivity contribution is -0.122. The molecule has 31 heavy (non-hydrogen) atoms. The summed E-state index contributed by atoms with van der Waals surface area (Å²) in [5.74, 6) is 1.63. The maximum Gasteiger partial charge on any atom is 0.255 e. The van der Waals surface area contributed by atoms with Crippen LogP contribution in [0.3, 0.4) is 0 Å². The minimum atomic E-state index is -0.400. The highest BCUT2D eigenvalue weighted by Crippen LogP contribution is 2.37. The summed E-state index contributed by atoms with van der Waals surface area (Å²) in [5.41, 5.74) is 2.53. The summed E-state index contributed by atoms with van der Waals surface area (Å²) >= 11 is 0. The van der Waals surface area contributed by atoms with Crippen molar-refractivity contribution in [2.24, 2.45) is 5.92 Å². The molecule has 1 N–H and O–H groups in total. The second kappa shape index (κ2) is 10.3. The molecule has 0 aliphatic carbocycles. The molecule has 1 aliphatic heterocycles. The van der Waals surface area contributed by atoms with Gasteiger partial charge in [0.1, 0.15) is 0 Å². The predicted octanol–water partition coefficient (Wildman–Crippen LogP) is 4.34. The van der Waals surface area contributed by atoms with Gasteiger partial charge in [-0.05, 0) is 48.6 Å². The number of ether oxygens (including phenoxy) is 2. The molecule has 0 fully saturated rings. The maximum atomic E-state index is 13.2. The molecule has 0 saturated carbocycles. The molecule has 0 aromatic heterocycles. The van der Waals surface area contributed by atoms with E-state index in [0.717, 1.165) is 17.5 Å². The molecular formula is C25H32N2O4. The zero-order valence-electron chi connectivity index (χ0n) is 18.8. The van der Waals surface area contributed by atoms with Gasteiger partial charge in [-0.15, -0.1) is 0 Å². The van der Waals surface area contributed by atoms with Gasteiger partial charge >= 0.3 is 0 Å². The van der Waals surface area contributed by atoms with Crippen molar-refractivity contribution in [3.8, 4) is 11.5 Å². The Balaban J connectivity index is 1.88. The number of amides is 2. The van der Waals surface area contributed by atoms with E-state index in [-0.39, 0.29) is 18.2 Å². The number of nitrogens with zero attached hydrogens (tertiary/aromatic N) is 1. The number of fused-ring (bicyclic) bond motifs is 1. The van der Waals surface area contributed by atoms with E-state index in [1.807, 2.05) is 49.4 Å². The van der Waals surface area contributed by atoms with E-state index in [1.54, 1.807) is 12.0 Å². The monoisotopic (exact) mass is 424 g/mol. The van der Waals surface area contributed by atoms with Gasteiger partial charge in [0.15, 0.2) is 11.5 Å². The first kappa shape index (κ1) is 22.7. The number of carbonyl (C=O) groups excluding carboxylic acids is 2. The van der Waals surface area contributed by atoms with Crippen LogP contribution in [-0.2, 0) is 11.3 Å². The lowest BCUT2D eigenvalue weighted by atomic mass is 10.0. The average molecular weight is 425 g/mol. The topological polar surface area (TPSA) is 67.9 Å². The highest BCUT2D eigenvalue weighted by molar-refractivity contribution is 5.98.